The van der Waals surface area contributed by atoms with Crippen LogP contribution in [-0.4, -0.2) is 21.1 Å². The lowest BCUT2D eigenvalue weighted by Gasteiger charge is -1.88. The summed E-state index contributed by atoms with van der Waals surface area (Å²) in [4.78, 5) is 10.6. The van der Waals surface area contributed by atoms with Crippen LogP contribution in [0.5, 0.6) is 0 Å². The minimum atomic E-state index is 0.120. The number of hydrogen-bond donors (Lipinski definition) is 2. The number of nitrogens with zero attached hydrogens (tertiary/aromatic N) is 1. The topological polar surface area (TPSA) is 71.8 Å². The zero-order valence-electron chi connectivity index (χ0n) is 7.83. The first-order valence-corrected chi connectivity index (χ1v) is 5.10. The zero-order chi connectivity index (χ0) is 10.4. The molecule has 0 radical (unpaired) electrons. The molecule has 0 fully saturated rings. The van der Waals surface area contributed by atoms with Gasteiger partial charge in [0.1, 0.15) is 5.82 Å². The van der Waals surface area contributed by atoms with E-state index in [-0.39, 0.29) is 5.12 Å². The third kappa shape index (κ3) is 3.54. The molecule has 74 valence electrons. The highest BCUT2D eigenvalue weighted by Crippen LogP contribution is 2.04. The minimum Gasteiger partial charge on any atom is -0.383 e. The fourth-order valence-electron chi connectivity index (χ4n) is 0.799. The van der Waals surface area contributed by atoms with Crippen LogP contribution in [0.25, 0.3) is 0 Å². The summed E-state index contributed by atoms with van der Waals surface area (Å²) in [7, 11) is 0. The Labute approximate surface area is 86.6 Å². The summed E-state index contributed by atoms with van der Waals surface area (Å²) in [5, 5.41) is 6.45. The predicted molar refractivity (Wildman–Crippen MR) is 57.6 cm³/mol. The Balaban J connectivity index is 2.34. The normalized spacial score (nSPS) is 9.21. The Morgan fingerprint density at radius 2 is 2.57 bits per heavy atom. The van der Waals surface area contributed by atoms with E-state index in [0.29, 0.717) is 17.8 Å². The Morgan fingerprint density at radius 3 is 3.14 bits per heavy atom. The highest BCUT2D eigenvalue weighted by atomic mass is 32.2. The molecule has 0 unspecified atom stereocenters. The number of hydrogen-bond acceptors (Lipinski definition) is 4. The number of nitrogens with two attached hydrogens (primary N) is 1. The third-order valence-corrected chi connectivity index (χ3v) is 2.24. The Morgan fingerprint density at radius 1 is 1.79 bits per heavy atom. The van der Waals surface area contributed by atoms with Crippen LogP contribution in [0.2, 0.25) is 0 Å². The second-order valence-corrected chi connectivity index (χ2v) is 3.86. The van der Waals surface area contributed by atoms with Gasteiger partial charge in [0.05, 0.1) is 11.8 Å². The smallest absolute Gasteiger partial charge is 0.185 e. The molecule has 5 heteroatoms. The molecule has 0 bridgehead atoms. The molecule has 0 aliphatic carbocycles. The number of H-pyrrole nitrogens is 1. The summed E-state index contributed by atoms with van der Waals surface area (Å²) in [5.41, 5.74) is 6.23. The molecular formula is C9H11N3OS. The number of carbonyl (C=O) groups excluding carboxylic acids is 1. The fraction of sp³-hybridized carbons (Fsp3) is 0.333. The van der Waals surface area contributed by atoms with Gasteiger partial charge in [0.25, 0.3) is 0 Å². The molecule has 1 heterocycles. The van der Waals surface area contributed by atoms with Crippen LogP contribution in [0.15, 0.2) is 6.20 Å². The number of thioether (sulfide) groups is 1. The van der Waals surface area contributed by atoms with Crippen LogP contribution in [0.3, 0.4) is 0 Å². The van der Waals surface area contributed by atoms with Crippen molar-refractivity contribution in [1.82, 2.24) is 10.2 Å². The van der Waals surface area contributed by atoms with Crippen molar-refractivity contribution in [2.45, 2.75) is 13.3 Å². The predicted octanol–water partition coefficient (Wildman–Crippen LogP) is 1.01. The number of anilines is 1. The van der Waals surface area contributed by atoms with Crippen LogP contribution in [0.4, 0.5) is 5.82 Å². The number of carbonyl (C=O) groups is 1. The minimum absolute atomic E-state index is 0.120. The standard InChI is InChI=1S/C9H11N3OS/c1-7(13)14-5-3-2-4-8-6-11-12-9(8)10/h6H,3,5H2,1H3,(H3,10,11,12). The molecule has 0 aliphatic heterocycles. The van der Waals surface area contributed by atoms with Crippen molar-refractivity contribution in [3.05, 3.63) is 11.8 Å². The maximum absolute atomic E-state index is 10.6. The highest BCUT2D eigenvalue weighted by molar-refractivity contribution is 8.13. The molecule has 0 aromatic carbocycles. The average molecular weight is 209 g/mol. The molecule has 1 aromatic heterocycles. The van der Waals surface area contributed by atoms with E-state index >= 15 is 0 Å². The Bertz CT molecular complexity index is 375. The summed E-state index contributed by atoms with van der Waals surface area (Å²) in [6.45, 7) is 1.55. The maximum Gasteiger partial charge on any atom is 0.185 e. The van der Waals surface area contributed by atoms with Gasteiger partial charge in [0, 0.05) is 19.1 Å². The van der Waals surface area contributed by atoms with Gasteiger partial charge in [-0.2, -0.15) is 5.10 Å². The Hall–Kier alpha value is -1.41. The van der Waals surface area contributed by atoms with E-state index in [2.05, 4.69) is 22.0 Å². The van der Waals surface area contributed by atoms with Crippen LogP contribution in [0, 0.1) is 11.8 Å². The van der Waals surface area contributed by atoms with Gasteiger partial charge in [-0.05, 0) is 0 Å². The van der Waals surface area contributed by atoms with E-state index in [1.807, 2.05) is 0 Å². The van der Waals surface area contributed by atoms with E-state index < -0.39 is 0 Å². The summed E-state index contributed by atoms with van der Waals surface area (Å²) in [5.74, 6) is 7.00. The van der Waals surface area contributed by atoms with Crippen LogP contribution in [0.1, 0.15) is 18.9 Å². The quantitative estimate of drug-likeness (QED) is 0.563. The number of nitrogen functional groups attached to an aromatic ring is 1. The lowest BCUT2D eigenvalue weighted by Crippen LogP contribution is -1.87. The number of aromatic amines is 1. The fourth-order valence-corrected chi connectivity index (χ4v) is 1.29. The van der Waals surface area contributed by atoms with Crippen LogP contribution in [-0.2, 0) is 4.79 Å². The van der Waals surface area contributed by atoms with Gasteiger partial charge in [-0.15, -0.1) is 0 Å². The average Bonchev–Trinajstić information content (AvgIpc) is 2.51. The molecule has 0 saturated heterocycles. The molecule has 0 saturated carbocycles. The van der Waals surface area contributed by atoms with Gasteiger partial charge in [0.2, 0.25) is 0 Å². The summed E-state index contributed by atoms with van der Waals surface area (Å²) < 4.78 is 0. The van der Waals surface area contributed by atoms with Crippen molar-refractivity contribution < 1.29 is 4.79 Å². The van der Waals surface area contributed by atoms with Gasteiger partial charge < -0.3 is 5.73 Å². The molecule has 0 aliphatic rings. The van der Waals surface area contributed by atoms with Crippen molar-refractivity contribution in [2.24, 2.45) is 0 Å². The van der Waals surface area contributed by atoms with E-state index in [4.69, 9.17) is 5.73 Å². The summed E-state index contributed by atoms with van der Waals surface area (Å²) >= 11 is 1.28. The van der Waals surface area contributed by atoms with Gasteiger partial charge >= 0.3 is 0 Å². The molecule has 3 N–H and O–H groups in total. The number of nitrogens with one attached hydrogen (secondary N) is 1. The molecule has 0 atom stereocenters. The second kappa shape index (κ2) is 5.35. The van der Waals surface area contributed by atoms with E-state index in [0.717, 1.165) is 5.75 Å². The van der Waals surface area contributed by atoms with Gasteiger partial charge in [-0.25, -0.2) is 0 Å². The monoisotopic (exact) mass is 209 g/mol. The van der Waals surface area contributed by atoms with E-state index in [9.17, 15) is 4.79 Å². The maximum atomic E-state index is 10.6. The molecule has 1 rings (SSSR count). The van der Waals surface area contributed by atoms with Crippen molar-refractivity contribution in [3.63, 3.8) is 0 Å². The highest BCUT2D eigenvalue weighted by Gasteiger charge is 1.95. The van der Waals surface area contributed by atoms with E-state index in [1.54, 1.807) is 13.1 Å². The van der Waals surface area contributed by atoms with Crippen LogP contribution >= 0.6 is 11.8 Å². The largest absolute Gasteiger partial charge is 0.383 e. The molecule has 0 spiro atoms. The summed E-state index contributed by atoms with van der Waals surface area (Å²) in [6.07, 6.45) is 2.26. The van der Waals surface area contributed by atoms with Crippen molar-refractivity contribution in [1.29, 1.82) is 0 Å². The van der Waals surface area contributed by atoms with Crippen molar-refractivity contribution in [3.8, 4) is 11.8 Å². The molecule has 14 heavy (non-hydrogen) atoms. The zero-order valence-corrected chi connectivity index (χ0v) is 8.65. The first-order chi connectivity index (χ1) is 6.70. The van der Waals surface area contributed by atoms with E-state index in [1.165, 1.54) is 11.8 Å². The molecule has 0 amide bonds. The van der Waals surface area contributed by atoms with Gasteiger partial charge in [0.15, 0.2) is 5.12 Å². The lowest BCUT2D eigenvalue weighted by molar-refractivity contribution is -0.109. The van der Waals surface area contributed by atoms with Crippen molar-refractivity contribution >= 4 is 22.7 Å². The van der Waals surface area contributed by atoms with Gasteiger partial charge in [-0.1, -0.05) is 23.6 Å². The number of rotatable bonds is 2. The third-order valence-electron chi connectivity index (χ3n) is 1.42. The first-order valence-electron chi connectivity index (χ1n) is 4.11. The first kappa shape index (κ1) is 10.7. The second-order valence-electron chi connectivity index (χ2n) is 2.59. The van der Waals surface area contributed by atoms with Gasteiger partial charge in [-0.3, -0.25) is 9.89 Å². The SMILES string of the molecule is CC(=O)SCCC#Cc1cn[nH]c1N. The summed E-state index contributed by atoms with van der Waals surface area (Å²) in [6, 6.07) is 0. The Kier molecular flexibility index (Phi) is 4.08. The molecule has 1 aromatic rings. The lowest BCUT2D eigenvalue weighted by atomic mass is 10.3. The van der Waals surface area contributed by atoms with Crippen molar-refractivity contribution in [2.75, 3.05) is 11.5 Å². The number of aromatic nitrogens is 2. The van der Waals surface area contributed by atoms with Crippen LogP contribution < -0.4 is 5.73 Å². The molecule has 4 nitrogen and oxygen atoms in total. The molecular weight excluding hydrogens is 198 g/mol.